The first-order valence-corrected chi connectivity index (χ1v) is 7.95. The zero-order valence-electron chi connectivity index (χ0n) is 11.4. The molecule has 2 amide bonds. The number of hydrogen-bond acceptors (Lipinski definition) is 5. The van der Waals surface area contributed by atoms with Gasteiger partial charge < -0.3 is 20.5 Å². The van der Waals surface area contributed by atoms with Gasteiger partial charge in [-0.2, -0.15) is 11.8 Å². The topological polar surface area (TPSA) is 90.9 Å². The minimum absolute atomic E-state index is 0.0269. The minimum Gasteiger partial charge on any atom is -0.479 e. The van der Waals surface area contributed by atoms with E-state index in [1.807, 2.05) is 11.8 Å². The van der Waals surface area contributed by atoms with Gasteiger partial charge in [0.15, 0.2) is 5.54 Å². The van der Waals surface area contributed by atoms with Crippen molar-refractivity contribution in [2.75, 3.05) is 50.9 Å². The number of ether oxygens (including phenoxy) is 1. The lowest BCUT2D eigenvalue weighted by molar-refractivity contribution is -0.144. The molecule has 0 radical (unpaired) electrons. The number of rotatable bonds is 5. The summed E-state index contributed by atoms with van der Waals surface area (Å²) in [6.07, 6.45) is 0.305. The second kappa shape index (κ2) is 7.14. The molecule has 2 heterocycles. The number of amides is 2. The van der Waals surface area contributed by atoms with Gasteiger partial charge in [0.2, 0.25) is 0 Å². The van der Waals surface area contributed by atoms with Crippen molar-refractivity contribution < 1.29 is 19.4 Å². The average Bonchev–Trinajstić information content (AvgIpc) is 2.90. The van der Waals surface area contributed by atoms with Gasteiger partial charge in [0, 0.05) is 50.7 Å². The molecule has 2 fully saturated rings. The van der Waals surface area contributed by atoms with Gasteiger partial charge in [-0.1, -0.05) is 0 Å². The van der Waals surface area contributed by atoms with Crippen LogP contribution in [0.1, 0.15) is 6.42 Å². The number of aliphatic carboxylic acids is 1. The van der Waals surface area contributed by atoms with Crippen molar-refractivity contribution >= 4 is 23.8 Å². The number of nitrogens with zero attached hydrogens (tertiary/aromatic N) is 1. The molecule has 0 bridgehead atoms. The largest absolute Gasteiger partial charge is 0.479 e. The summed E-state index contributed by atoms with van der Waals surface area (Å²) < 4.78 is 5.09. The number of thioether (sulfide) groups is 1. The fraction of sp³-hybridized carbons (Fsp3) is 0.833. The SMILES string of the molecule is O=C(NCCN1CCSCC1)NC1(C(=O)O)CCOC1. The number of carbonyl (C=O) groups excluding carboxylic acids is 1. The number of carboxylic acid groups (broad SMARTS) is 1. The summed E-state index contributed by atoms with van der Waals surface area (Å²) in [5.74, 6) is 1.22. The molecule has 0 aromatic rings. The molecule has 8 heteroatoms. The predicted molar refractivity (Wildman–Crippen MR) is 76.1 cm³/mol. The van der Waals surface area contributed by atoms with Crippen molar-refractivity contribution in [3.05, 3.63) is 0 Å². The van der Waals surface area contributed by atoms with E-state index in [4.69, 9.17) is 4.74 Å². The standard InChI is InChI=1S/C12H21N3O4S/c16-10(17)12(1-6-19-9-12)14-11(18)13-2-3-15-4-7-20-8-5-15/h1-9H2,(H,16,17)(H2,13,14,18). The minimum atomic E-state index is -1.27. The smallest absolute Gasteiger partial charge is 0.332 e. The van der Waals surface area contributed by atoms with Crippen LogP contribution in [0.25, 0.3) is 0 Å². The molecule has 2 saturated heterocycles. The third-order valence-corrected chi connectivity index (χ3v) is 4.54. The van der Waals surface area contributed by atoms with Crippen LogP contribution in [0.15, 0.2) is 0 Å². The van der Waals surface area contributed by atoms with Crippen molar-refractivity contribution in [3.63, 3.8) is 0 Å². The number of carbonyl (C=O) groups is 2. The number of hydrogen-bond donors (Lipinski definition) is 3. The molecule has 1 unspecified atom stereocenters. The quantitative estimate of drug-likeness (QED) is 0.639. The van der Waals surface area contributed by atoms with Crippen LogP contribution in [-0.4, -0.2) is 78.4 Å². The Morgan fingerprint density at radius 1 is 1.35 bits per heavy atom. The van der Waals surface area contributed by atoms with Crippen LogP contribution in [0.3, 0.4) is 0 Å². The molecule has 20 heavy (non-hydrogen) atoms. The highest BCUT2D eigenvalue weighted by Gasteiger charge is 2.43. The van der Waals surface area contributed by atoms with Gasteiger partial charge in [-0.25, -0.2) is 9.59 Å². The van der Waals surface area contributed by atoms with E-state index in [0.717, 1.165) is 31.1 Å². The van der Waals surface area contributed by atoms with Crippen LogP contribution >= 0.6 is 11.8 Å². The van der Waals surface area contributed by atoms with E-state index in [9.17, 15) is 14.7 Å². The van der Waals surface area contributed by atoms with Gasteiger partial charge in [-0.3, -0.25) is 4.90 Å². The molecule has 3 N–H and O–H groups in total. The molecule has 0 saturated carbocycles. The van der Waals surface area contributed by atoms with E-state index in [1.54, 1.807) is 0 Å². The summed E-state index contributed by atoms with van der Waals surface area (Å²) in [7, 11) is 0. The van der Waals surface area contributed by atoms with Crippen LogP contribution in [-0.2, 0) is 9.53 Å². The third kappa shape index (κ3) is 4.00. The second-order valence-electron chi connectivity index (χ2n) is 5.02. The Hall–Kier alpha value is -0.990. The van der Waals surface area contributed by atoms with E-state index < -0.39 is 17.5 Å². The Kier molecular flexibility index (Phi) is 5.50. The predicted octanol–water partition coefficient (Wildman–Crippen LogP) is -0.422. The molecule has 1 atom stereocenters. The third-order valence-electron chi connectivity index (χ3n) is 3.60. The monoisotopic (exact) mass is 303 g/mol. The lowest BCUT2D eigenvalue weighted by Crippen LogP contribution is -2.58. The maximum Gasteiger partial charge on any atom is 0.332 e. The molecule has 2 aliphatic heterocycles. The first-order valence-electron chi connectivity index (χ1n) is 6.80. The van der Waals surface area contributed by atoms with E-state index in [0.29, 0.717) is 19.6 Å². The van der Waals surface area contributed by atoms with Gasteiger partial charge in [0.05, 0.1) is 6.61 Å². The van der Waals surface area contributed by atoms with Gasteiger partial charge >= 0.3 is 12.0 Å². The number of urea groups is 1. The van der Waals surface area contributed by atoms with Gasteiger partial charge in [-0.05, 0) is 0 Å². The fourth-order valence-electron chi connectivity index (χ4n) is 2.30. The highest BCUT2D eigenvalue weighted by molar-refractivity contribution is 7.99. The molecule has 0 aromatic heterocycles. The van der Waals surface area contributed by atoms with Crippen LogP contribution in [0.4, 0.5) is 4.79 Å². The van der Waals surface area contributed by atoms with Crippen LogP contribution in [0.2, 0.25) is 0 Å². The summed E-state index contributed by atoms with van der Waals surface area (Å²) >= 11 is 1.94. The Bertz CT molecular complexity index is 355. The van der Waals surface area contributed by atoms with Crippen molar-refractivity contribution in [1.29, 1.82) is 0 Å². The van der Waals surface area contributed by atoms with E-state index in [2.05, 4.69) is 15.5 Å². The second-order valence-corrected chi connectivity index (χ2v) is 6.25. The zero-order valence-corrected chi connectivity index (χ0v) is 12.2. The Labute approximate surface area is 122 Å². The van der Waals surface area contributed by atoms with E-state index in [-0.39, 0.29) is 6.61 Å². The average molecular weight is 303 g/mol. The number of carboxylic acids is 1. The molecule has 2 aliphatic rings. The Morgan fingerprint density at radius 3 is 2.70 bits per heavy atom. The van der Waals surface area contributed by atoms with Crippen molar-refractivity contribution in [2.24, 2.45) is 0 Å². The van der Waals surface area contributed by atoms with E-state index in [1.165, 1.54) is 0 Å². The van der Waals surface area contributed by atoms with Gasteiger partial charge in [0.25, 0.3) is 0 Å². The molecule has 0 spiro atoms. The molecule has 114 valence electrons. The summed E-state index contributed by atoms with van der Waals surface area (Å²) in [6.45, 7) is 3.79. The van der Waals surface area contributed by atoms with Crippen molar-refractivity contribution in [2.45, 2.75) is 12.0 Å². The molecule has 2 rings (SSSR count). The molecule has 0 aromatic carbocycles. The van der Waals surface area contributed by atoms with Crippen LogP contribution in [0.5, 0.6) is 0 Å². The van der Waals surface area contributed by atoms with E-state index >= 15 is 0 Å². The van der Waals surface area contributed by atoms with Crippen LogP contribution < -0.4 is 10.6 Å². The van der Waals surface area contributed by atoms with Gasteiger partial charge in [-0.15, -0.1) is 0 Å². The van der Waals surface area contributed by atoms with Crippen molar-refractivity contribution in [3.8, 4) is 0 Å². The first-order chi connectivity index (χ1) is 9.62. The summed E-state index contributed by atoms with van der Waals surface area (Å²) in [6, 6.07) is -0.440. The summed E-state index contributed by atoms with van der Waals surface area (Å²) in [4.78, 5) is 25.3. The highest BCUT2D eigenvalue weighted by atomic mass is 32.2. The number of nitrogens with one attached hydrogen (secondary N) is 2. The highest BCUT2D eigenvalue weighted by Crippen LogP contribution is 2.18. The lowest BCUT2D eigenvalue weighted by Gasteiger charge is -2.27. The molecule has 0 aliphatic carbocycles. The normalized spacial score (nSPS) is 27.2. The maximum atomic E-state index is 11.8. The van der Waals surface area contributed by atoms with Crippen molar-refractivity contribution in [1.82, 2.24) is 15.5 Å². The van der Waals surface area contributed by atoms with Gasteiger partial charge in [0.1, 0.15) is 0 Å². The lowest BCUT2D eigenvalue weighted by atomic mass is 9.99. The molecular weight excluding hydrogens is 282 g/mol. The molecule has 7 nitrogen and oxygen atoms in total. The maximum absolute atomic E-state index is 11.8. The van der Waals surface area contributed by atoms with Crippen LogP contribution in [0, 0.1) is 0 Å². The summed E-state index contributed by atoms with van der Waals surface area (Å²) in [5, 5.41) is 14.5. The molecular formula is C12H21N3O4S. The Morgan fingerprint density at radius 2 is 2.10 bits per heavy atom. The first kappa shape index (κ1) is 15.4. The summed E-state index contributed by atoms with van der Waals surface area (Å²) in [5.41, 5.74) is -1.27. The zero-order chi connectivity index (χ0) is 14.4. The fourth-order valence-corrected chi connectivity index (χ4v) is 3.28. The Balaban J connectivity index is 1.70.